The van der Waals surface area contributed by atoms with Crippen molar-refractivity contribution >= 4 is 23.5 Å². The van der Waals surface area contributed by atoms with E-state index in [9.17, 15) is 14.8 Å². The van der Waals surface area contributed by atoms with E-state index in [0.717, 1.165) is 0 Å². The van der Waals surface area contributed by atoms with Crippen LogP contribution in [0.4, 0.5) is 0 Å². The number of carbonyl (C=O) groups is 2. The summed E-state index contributed by atoms with van der Waals surface area (Å²) in [6, 6.07) is -1.12. The van der Waals surface area contributed by atoms with E-state index in [0.29, 0.717) is 0 Å². The van der Waals surface area contributed by atoms with Gasteiger partial charge in [0, 0.05) is 6.42 Å². The average molecular weight is 226 g/mol. The predicted octanol–water partition coefficient (Wildman–Crippen LogP) is -2.56. The molecule has 82 valence electrons. The lowest BCUT2D eigenvalue weighted by atomic mass is 10.2. The number of nitrogens with two attached hydrogens (primary N) is 1. The highest BCUT2D eigenvalue weighted by Gasteiger charge is 2.19. The van der Waals surface area contributed by atoms with Crippen molar-refractivity contribution in [2.24, 2.45) is 5.84 Å². The van der Waals surface area contributed by atoms with Crippen molar-refractivity contribution < 1.29 is 19.9 Å². The van der Waals surface area contributed by atoms with Gasteiger partial charge in [0.15, 0.2) is 0 Å². The molecule has 14 heavy (non-hydrogen) atoms. The summed E-state index contributed by atoms with van der Waals surface area (Å²) in [4.78, 5) is 21.3. The number of carbonyl (C=O) groups excluding carboxylic acids is 1. The molecular weight excluding hydrogens is 214 g/mol. The monoisotopic (exact) mass is 225 g/mol. The largest absolute Gasteiger partial charge is 0.613 e. The molecule has 1 amide bonds. The minimum atomic E-state index is -1.22. The summed E-state index contributed by atoms with van der Waals surface area (Å²) in [6.07, 6.45) is -0.0344. The van der Waals surface area contributed by atoms with Crippen molar-refractivity contribution in [3.05, 3.63) is 5.21 Å². The van der Waals surface area contributed by atoms with Gasteiger partial charge in [-0.25, -0.2) is 4.79 Å². The zero-order chi connectivity index (χ0) is 11.1. The van der Waals surface area contributed by atoms with Crippen molar-refractivity contribution in [1.82, 2.24) is 5.32 Å². The maximum atomic E-state index is 10.7. The molecule has 2 unspecified atom stereocenters. The molecule has 0 aromatic heterocycles. The van der Waals surface area contributed by atoms with E-state index >= 15 is 0 Å². The summed E-state index contributed by atoms with van der Waals surface area (Å²) >= 11 is 5.17. The molecule has 0 saturated heterocycles. The number of hydrogen-bond acceptors (Lipinski definition) is 4. The van der Waals surface area contributed by atoms with E-state index in [-0.39, 0.29) is 18.8 Å². The van der Waals surface area contributed by atoms with Crippen molar-refractivity contribution in [1.29, 1.82) is 0 Å². The number of carboxylic acids is 1. The fourth-order valence-electron chi connectivity index (χ4n) is 0.777. The molecule has 0 fully saturated rings. The Morgan fingerprint density at radius 2 is 2.21 bits per heavy atom. The molecule has 0 aromatic rings. The molecular formula is C6H12ClN3O4. The molecule has 0 spiro atoms. The van der Waals surface area contributed by atoms with Crippen LogP contribution in [0.25, 0.3) is 0 Å². The van der Waals surface area contributed by atoms with Gasteiger partial charge < -0.3 is 15.6 Å². The van der Waals surface area contributed by atoms with Gasteiger partial charge in [-0.15, -0.1) is 11.6 Å². The van der Waals surface area contributed by atoms with Crippen LogP contribution in [0.2, 0.25) is 0 Å². The van der Waals surface area contributed by atoms with E-state index in [4.69, 9.17) is 22.6 Å². The number of quaternary nitrogens is 1. The molecule has 7 nitrogen and oxygen atoms in total. The molecule has 0 rings (SSSR count). The van der Waals surface area contributed by atoms with Crippen LogP contribution in [0, 0.1) is 5.21 Å². The SMILES string of the molecule is N[NH+]([O-])CCC(NC(=O)CCl)C(=O)O. The van der Waals surface area contributed by atoms with Gasteiger partial charge in [0.1, 0.15) is 11.9 Å². The summed E-state index contributed by atoms with van der Waals surface area (Å²) in [5.74, 6) is 2.70. The topological polar surface area (TPSA) is 120 Å². The van der Waals surface area contributed by atoms with Crippen molar-refractivity contribution in [2.75, 3.05) is 12.4 Å². The van der Waals surface area contributed by atoms with Crippen LogP contribution in [-0.4, -0.2) is 35.4 Å². The molecule has 0 radical (unpaired) electrons. The molecule has 8 heteroatoms. The molecule has 0 aliphatic rings. The van der Waals surface area contributed by atoms with E-state index < -0.39 is 23.1 Å². The van der Waals surface area contributed by atoms with E-state index in [1.54, 1.807) is 0 Å². The van der Waals surface area contributed by atoms with Gasteiger partial charge in [0.05, 0.1) is 6.54 Å². The first-order valence-corrected chi connectivity index (χ1v) is 4.37. The van der Waals surface area contributed by atoms with Crippen LogP contribution >= 0.6 is 11.6 Å². The molecule has 0 aliphatic carbocycles. The van der Waals surface area contributed by atoms with Crippen LogP contribution in [0.3, 0.4) is 0 Å². The van der Waals surface area contributed by atoms with Crippen molar-refractivity contribution in [3.63, 3.8) is 0 Å². The summed E-state index contributed by atoms with van der Waals surface area (Å²) < 4.78 is 0. The number of aliphatic carboxylic acids is 1. The first-order chi connectivity index (χ1) is 6.47. The smallest absolute Gasteiger partial charge is 0.326 e. The lowest BCUT2D eigenvalue weighted by Gasteiger charge is -2.18. The molecule has 0 aliphatic heterocycles. The first kappa shape index (κ1) is 13.1. The van der Waals surface area contributed by atoms with E-state index in [2.05, 4.69) is 5.32 Å². The third-order valence-corrected chi connectivity index (χ3v) is 1.68. The third-order valence-electron chi connectivity index (χ3n) is 1.43. The zero-order valence-electron chi connectivity index (χ0n) is 7.33. The lowest BCUT2D eigenvalue weighted by molar-refractivity contribution is -0.861. The maximum Gasteiger partial charge on any atom is 0.326 e. The van der Waals surface area contributed by atoms with Crippen LogP contribution in [0.1, 0.15) is 6.42 Å². The summed E-state index contributed by atoms with van der Waals surface area (Å²) in [6.45, 7) is -0.0977. The summed E-state index contributed by atoms with van der Waals surface area (Å²) in [5.41, 5.74) is 0. The Labute approximate surface area is 85.4 Å². The Morgan fingerprint density at radius 3 is 2.57 bits per heavy atom. The predicted molar refractivity (Wildman–Crippen MR) is 48.3 cm³/mol. The third kappa shape index (κ3) is 5.70. The number of carboxylic acid groups (broad SMARTS) is 1. The van der Waals surface area contributed by atoms with Crippen molar-refractivity contribution in [3.8, 4) is 0 Å². The molecule has 2 atom stereocenters. The Bertz CT molecular complexity index is 211. The highest BCUT2D eigenvalue weighted by Crippen LogP contribution is 1.90. The molecule has 0 heterocycles. The molecule has 0 saturated carbocycles. The van der Waals surface area contributed by atoms with Gasteiger partial charge in [-0.2, -0.15) is 5.84 Å². The molecule has 5 N–H and O–H groups in total. The number of alkyl halides is 1. The Kier molecular flexibility index (Phi) is 6.13. The second-order valence-electron chi connectivity index (χ2n) is 2.60. The fourth-order valence-corrected chi connectivity index (χ4v) is 0.854. The van der Waals surface area contributed by atoms with Crippen molar-refractivity contribution in [2.45, 2.75) is 12.5 Å². The maximum absolute atomic E-state index is 10.7. The van der Waals surface area contributed by atoms with Crippen LogP contribution in [0.5, 0.6) is 0 Å². The zero-order valence-corrected chi connectivity index (χ0v) is 8.08. The van der Waals surface area contributed by atoms with Gasteiger partial charge in [-0.1, -0.05) is 0 Å². The van der Waals surface area contributed by atoms with Gasteiger partial charge in [0.25, 0.3) is 0 Å². The second kappa shape index (κ2) is 6.55. The number of amides is 1. The van der Waals surface area contributed by atoms with E-state index in [1.165, 1.54) is 0 Å². The second-order valence-corrected chi connectivity index (χ2v) is 2.86. The van der Waals surface area contributed by atoms with Crippen LogP contribution in [0.15, 0.2) is 0 Å². The number of rotatable bonds is 6. The van der Waals surface area contributed by atoms with Gasteiger partial charge in [0.2, 0.25) is 5.91 Å². The van der Waals surface area contributed by atoms with Gasteiger partial charge in [-0.05, 0) is 0 Å². The van der Waals surface area contributed by atoms with Gasteiger partial charge in [-0.3, -0.25) is 9.97 Å². The number of halogens is 1. The molecule has 0 bridgehead atoms. The highest BCUT2D eigenvalue weighted by atomic mass is 35.5. The van der Waals surface area contributed by atoms with Crippen LogP contribution < -0.4 is 16.3 Å². The van der Waals surface area contributed by atoms with Crippen LogP contribution in [-0.2, 0) is 9.59 Å². The number of hydroxylamine groups is 1. The number of nitrogens with one attached hydrogen (secondary N) is 2. The summed E-state index contributed by atoms with van der Waals surface area (Å²) in [7, 11) is 0. The Balaban J connectivity index is 4.03. The van der Waals surface area contributed by atoms with E-state index in [1.807, 2.05) is 0 Å². The standard InChI is InChI=1S/C6H12ClN3O4/c7-3-5(11)9-4(6(12)13)1-2-10(8)14/h4,10H,1-3,8H2,(H,9,11)(H,12,13). The Morgan fingerprint density at radius 1 is 1.64 bits per heavy atom. The van der Waals surface area contributed by atoms with Gasteiger partial charge >= 0.3 is 5.97 Å². The quantitative estimate of drug-likeness (QED) is 0.225. The fraction of sp³-hybridized carbons (Fsp3) is 0.667. The highest BCUT2D eigenvalue weighted by molar-refractivity contribution is 6.27. The average Bonchev–Trinajstić information content (AvgIpc) is 2.10. The summed E-state index contributed by atoms with van der Waals surface area (Å²) in [5, 5.41) is 20.5. The number of hydrogen-bond donors (Lipinski definition) is 4. The lowest BCUT2D eigenvalue weighted by Crippen LogP contribution is -3.13. The molecule has 0 aromatic carbocycles. The minimum Gasteiger partial charge on any atom is -0.613 e. The Hall–Kier alpha value is -0.890. The first-order valence-electron chi connectivity index (χ1n) is 3.83. The normalized spacial score (nSPS) is 14.5. The minimum absolute atomic E-state index is 0.0344.